The minimum Gasteiger partial charge on any atom is -0.415 e. The minimum absolute atomic E-state index is 0.0862. The molecule has 0 amide bonds. The van der Waals surface area contributed by atoms with Crippen molar-refractivity contribution in [2.45, 2.75) is 32.9 Å². The van der Waals surface area contributed by atoms with E-state index in [4.69, 9.17) is 4.42 Å². The standard InChI is InChI=1S/C24H26F3N7O3S/c1-16(2)31-8-10-33(11-9-31)38(35,36)34(20-5-3-4-18(25)13-20)15-19-14-32-7-6-17(12-21(32)28-19)23-29-30-24(37-23)22(26)27/h3-7,12-14,16,22H,8-11,15H2,1-2H3. The van der Waals surface area contributed by atoms with Crippen LogP contribution in [0.15, 0.2) is 53.2 Å². The van der Waals surface area contributed by atoms with Crippen molar-refractivity contribution in [1.29, 1.82) is 0 Å². The molecule has 1 saturated heterocycles. The first-order valence-corrected chi connectivity index (χ1v) is 13.4. The summed E-state index contributed by atoms with van der Waals surface area (Å²) in [5.74, 6) is -1.43. The van der Waals surface area contributed by atoms with Gasteiger partial charge in [0, 0.05) is 50.2 Å². The van der Waals surface area contributed by atoms with Gasteiger partial charge in [-0.2, -0.15) is 21.5 Å². The molecule has 0 aliphatic carbocycles. The van der Waals surface area contributed by atoms with Crippen LogP contribution >= 0.6 is 0 Å². The smallest absolute Gasteiger partial charge is 0.314 e. The fourth-order valence-corrected chi connectivity index (χ4v) is 5.94. The quantitative estimate of drug-likeness (QED) is 0.330. The summed E-state index contributed by atoms with van der Waals surface area (Å²) in [5.41, 5.74) is 1.37. The highest BCUT2D eigenvalue weighted by Gasteiger charge is 2.34. The molecule has 10 nitrogen and oxygen atoms in total. The largest absolute Gasteiger partial charge is 0.415 e. The first-order valence-electron chi connectivity index (χ1n) is 12.0. The number of piperazine rings is 1. The Kier molecular flexibility index (Phi) is 7.11. The number of benzene rings is 1. The third-order valence-corrected chi connectivity index (χ3v) is 8.31. The van der Waals surface area contributed by atoms with Crippen molar-refractivity contribution >= 4 is 21.5 Å². The predicted molar refractivity (Wildman–Crippen MR) is 133 cm³/mol. The highest BCUT2D eigenvalue weighted by atomic mass is 32.2. The number of anilines is 1. The molecule has 14 heteroatoms. The number of nitrogens with zero attached hydrogens (tertiary/aromatic N) is 7. The SMILES string of the molecule is CC(C)N1CCN(S(=O)(=O)N(Cc2cn3ccc(-c4nnc(C(F)F)o4)cc3n2)c2cccc(F)c2)CC1. The molecule has 1 fully saturated rings. The van der Waals surface area contributed by atoms with Crippen molar-refractivity contribution < 1.29 is 26.0 Å². The Morgan fingerprint density at radius 3 is 2.50 bits per heavy atom. The molecule has 0 N–H and O–H groups in total. The molecule has 4 aromatic rings. The zero-order chi connectivity index (χ0) is 27.0. The lowest BCUT2D eigenvalue weighted by molar-refractivity contribution is 0.116. The summed E-state index contributed by atoms with van der Waals surface area (Å²) >= 11 is 0. The molecule has 5 rings (SSSR count). The fourth-order valence-electron chi connectivity index (χ4n) is 4.36. The van der Waals surface area contributed by atoms with Crippen molar-refractivity contribution in [3.8, 4) is 11.5 Å². The van der Waals surface area contributed by atoms with Crippen LogP contribution in [0.3, 0.4) is 0 Å². The molecule has 3 aromatic heterocycles. The number of imidazole rings is 1. The lowest BCUT2D eigenvalue weighted by Gasteiger charge is -2.38. The first-order chi connectivity index (χ1) is 18.1. The number of fused-ring (bicyclic) bond motifs is 1. The summed E-state index contributed by atoms with van der Waals surface area (Å²) in [6.07, 6.45) is 0.386. The van der Waals surface area contributed by atoms with Gasteiger partial charge in [0.05, 0.1) is 17.9 Å². The van der Waals surface area contributed by atoms with Crippen molar-refractivity contribution in [3.05, 3.63) is 66.2 Å². The maximum Gasteiger partial charge on any atom is 0.314 e. The maximum atomic E-state index is 14.1. The second-order valence-electron chi connectivity index (χ2n) is 9.18. The normalized spacial score (nSPS) is 15.7. The van der Waals surface area contributed by atoms with Crippen LogP contribution in [0.5, 0.6) is 0 Å². The average Bonchev–Trinajstić information content (AvgIpc) is 3.54. The van der Waals surface area contributed by atoms with Crippen LogP contribution < -0.4 is 4.31 Å². The summed E-state index contributed by atoms with van der Waals surface area (Å²) in [5, 5.41) is 6.99. The molecule has 4 heterocycles. The second-order valence-corrected chi connectivity index (χ2v) is 11.0. The van der Waals surface area contributed by atoms with Gasteiger partial charge < -0.3 is 8.82 Å². The van der Waals surface area contributed by atoms with E-state index in [-0.39, 0.29) is 18.1 Å². The number of halogens is 3. The molecule has 202 valence electrons. The monoisotopic (exact) mass is 549 g/mol. The predicted octanol–water partition coefficient (Wildman–Crippen LogP) is 3.74. The number of alkyl halides is 2. The van der Waals surface area contributed by atoms with Crippen LogP contribution in [0.2, 0.25) is 0 Å². The number of hydrogen-bond acceptors (Lipinski definition) is 7. The molecular weight excluding hydrogens is 523 g/mol. The molecule has 0 unspecified atom stereocenters. The van der Waals surface area contributed by atoms with Gasteiger partial charge in [-0.15, -0.1) is 10.2 Å². The van der Waals surface area contributed by atoms with E-state index in [1.54, 1.807) is 28.9 Å². The van der Waals surface area contributed by atoms with Crippen LogP contribution in [0.25, 0.3) is 17.1 Å². The summed E-state index contributed by atoms with van der Waals surface area (Å²) in [7, 11) is -4.02. The lowest BCUT2D eigenvalue weighted by atomic mass is 10.2. The average molecular weight is 550 g/mol. The third kappa shape index (κ3) is 5.24. The molecule has 0 saturated carbocycles. The Labute approximate surface area is 217 Å². The van der Waals surface area contributed by atoms with E-state index in [9.17, 15) is 21.6 Å². The zero-order valence-electron chi connectivity index (χ0n) is 20.7. The topological polar surface area (TPSA) is 100 Å². The van der Waals surface area contributed by atoms with Crippen molar-refractivity contribution in [1.82, 2.24) is 28.8 Å². The molecule has 0 spiro atoms. The minimum atomic E-state index is -4.02. The van der Waals surface area contributed by atoms with Crippen LogP contribution in [-0.4, -0.2) is 69.4 Å². The van der Waals surface area contributed by atoms with Crippen molar-refractivity contribution in [3.63, 3.8) is 0 Å². The van der Waals surface area contributed by atoms with E-state index in [0.717, 1.165) is 4.31 Å². The summed E-state index contributed by atoms with van der Waals surface area (Å²) < 4.78 is 76.6. The maximum absolute atomic E-state index is 14.1. The van der Waals surface area contributed by atoms with Crippen LogP contribution in [-0.2, 0) is 16.8 Å². The fraction of sp³-hybridized carbons (Fsp3) is 0.375. The number of rotatable bonds is 8. The molecule has 38 heavy (non-hydrogen) atoms. The van der Waals surface area contributed by atoms with E-state index in [0.29, 0.717) is 49.1 Å². The van der Waals surface area contributed by atoms with Gasteiger partial charge in [-0.05, 0) is 44.2 Å². The number of pyridine rings is 1. The Morgan fingerprint density at radius 2 is 1.84 bits per heavy atom. The van der Waals surface area contributed by atoms with Crippen molar-refractivity contribution in [2.75, 3.05) is 30.5 Å². The Bertz CT molecular complexity index is 1530. The van der Waals surface area contributed by atoms with Crippen molar-refractivity contribution in [2.24, 2.45) is 0 Å². The van der Waals surface area contributed by atoms with Gasteiger partial charge in [-0.3, -0.25) is 9.21 Å². The summed E-state index contributed by atoms with van der Waals surface area (Å²) in [4.78, 5) is 6.72. The van der Waals surface area contributed by atoms with Gasteiger partial charge in [0.15, 0.2) is 0 Å². The van der Waals surface area contributed by atoms with Crippen LogP contribution in [0, 0.1) is 5.82 Å². The molecule has 0 radical (unpaired) electrons. The van der Waals surface area contributed by atoms with E-state index in [1.807, 2.05) is 0 Å². The van der Waals surface area contributed by atoms with Gasteiger partial charge >= 0.3 is 16.6 Å². The van der Waals surface area contributed by atoms with E-state index >= 15 is 0 Å². The second kappa shape index (κ2) is 10.3. The Morgan fingerprint density at radius 1 is 1.08 bits per heavy atom. The zero-order valence-corrected chi connectivity index (χ0v) is 21.5. The van der Waals surface area contributed by atoms with Crippen LogP contribution in [0.4, 0.5) is 18.9 Å². The summed E-state index contributed by atoms with van der Waals surface area (Å²) in [6, 6.07) is 8.88. The highest BCUT2D eigenvalue weighted by molar-refractivity contribution is 7.90. The van der Waals surface area contributed by atoms with E-state index in [1.165, 1.54) is 28.6 Å². The van der Waals surface area contributed by atoms with E-state index < -0.39 is 28.3 Å². The number of aromatic nitrogens is 4. The molecule has 0 bridgehead atoms. The Hall–Kier alpha value is -3.49. The highest BCUT2D eigenvalue weighted by Crippen LogP contribution is 2.27. The van der Waals surface area contributed by atoms with Gasteiger partial charge in [0.25, 0.3) is 5.89 Å². The molecule has 1 aliphatic heterocycles. The third-order valence-electron chi connectivity index (χ3n) is 6.39. The molecule has 1 aromatic carbocycles. The van der Waals surface area contributed by atoms with Crippen LogP contribution in [0.1, 0.15) is 31.9 Å². The van der Waals surface area contributed by atoms with Gasteiger partial charge in [-0.25, -0.2) is 9.37 Å². The van der Waals surface area contributed by atoms with E-state index in [2.05, 4.69) is 33.9 Å². The van der Waals surface area contributed by atoms with Gasteiger partial charge in [-0.1, -0.05) is 6.07 Å². The summed E-state index contributed by atoms with van der Waals surface area (Å²) in [6.45, 7) is 5.78. The number of hydrogen-bond donors (Lipinski definition) is 0. The first kappa shape index (κ1) is 26.1. The molecule has 1 aliphatic rings. The Balaban J connectivity index is 1.45. The van der Waals surface area contributed by atoms with Gasteiger partial charge in [0.1, 0.15) is 11.5 Å². The molecular formula is C24H26F3N7O3S. The van der Waals surface area contributed by atoms with Gasteiger partial charge in [0.2, 0.25) is 5.89 Å². The lowest BCUT2D eigenvalue weighted by Crippen LogP contribution is -2.54. The molecule has 0 atom stereocenters.